The van der Waals surface area contributed by atoms with Crippen LogP contribution < -0.4 is 14.2 Å². The van der Waals surface area contributed by atoms with E-state index in [-0.39, 0.29) is 18.2 Å². The van der Waals surface area contributed by atoms with Gasteiger partial charge in [0, 0.05) is 16.7 Å². The molecule has 0 bridgehead atoms. The molecule has 0 unspecified atom stereocenters. The Morgan fingerprint density at radius 1 is 1.24 bits per heavy atom. The van der Waals surface area contributed by atoms with Gasteiger partial charge in [0.15, 0.2) is 5.75 Å². The van der Waals surface area contributed by atoms with E-state index >= 15 is 0 Å². The molecule has 0 amide bonds. The van der Waals surface area contributed by atoms with Crippen molar-refractivity contribution in [2.24, 2.45) is 0 Å². The van der Waals surface area contributed by atoms with Crippen LogP contribution in [0.15, 0.2) is 35.1 Å². The molecule has 112 valence electrons. The van der Waals surface area contributed by atoms with E-state index in [0.29, 0.717) is 15.9 Å². The fourth-order valence-corrected chi connectivity index (χ4v) is 1.77. The Kier molecular flexibility index (Phi) is 5.26. The minimum Gasteiger partial charge on any atom is -0.495 e. The van der Waals surface area contributed by atoms with Crippen molar-refractivity contribution >= 4 is 15.9 Å². The molecule has 0 saturated heterocycles. The van der Waals surface area contributed by atoms with Crippen LogP contribution in [-0.4, -0.2) is 23.7 Å². The molecule has 5 nitrogen and oxygen atoms in total. The van der Waals surface area contributed by atoms with Crippen LogP contribution in [0.3, 0.4) is 0 Å². The highest BCUT2D eigenvalue weighted by molar-refractivity contribution is 9.10. The van der Waals surface area contributed by atoms with Crippen LogP contribution in [0.2, 0.25) is 0 Å². The van der Waals surface area contributed by atoms with Gasteiger partial charge in [-0.15, -0.1) is 0 Å². The topological polar surface area (TPSA) is 53.5 Å². The smallest absolute Gasteiger partial charge is 0.387 e. The molecule has 0 aliphatic rings. The fraction of sp³-hybridized carbons (Fsp3) is 0.231. The average molecular weight is 361 g/mol. The highest BCUT2D eigenvalue weighted by Crippen LogP contribution is 2.29. The molecule has 2 rings (SSSR count). The minimum absolute atomic E-state index is 0.0314. The molecule has 0 aliphatic heterocycles. The summed E-state index contributed by atoms with van der Waals surface area (Å²) in [6.07, 6.45) is 2.96. The van der Waals surface area contributed by atoms with E-state index in [2.05, 4.69) is 30.6 Å². The van der Waals surface area contributed by atoms with E-state index in [1.165, 1.54) is 25.6 Å². The number of methoxy groups -OCH3 is 1. The van der Waals surface area contributed by atoms with Crippen molar-refractivity contribution in [2.45, 2.75) is 13.2 Å². The molecule has 8 heteroatoms. The number of aromatic nitrogens is 2. The Morgan fingerprint density at radius 2 is 2.05 bits per heavy atom. The number of ether oxygens (including phenoxy) is 3. The van der Waals surface area contributed by atoms with Crippen molar-refractivity contribution in [2.75, 3.05) is 7.11 Å². The summed E-state index contributed by atoms with van der Waals surface area (Å²) in [6.45, 7) is -2.89. The van der Waals surface area contributed by atoms with Crippen LogP contribution in [0.25, 0.3) is 0 Å². The lowest BCUT2D eigenvalue weighted by atomic mass is 10.3. The molecule has 2 heterocycles. The van der Waals surface area contributed by atoms with Crippen molar-refractivity contribution < 1.29 is 23.0 Å². The second kappa shape index (κ2) is 7.16. The van der Waals surface area contributed by atoms with E-state index in [9.17, 15) is 8.78 Å². The lowest BCUT2D eigenvalue weighted by molar-refractivity contribution is -0.0520. The number of pyridine rings is 2. The lowest BCUT2D eigenvalue weighted by Crippen LogP contribution is -2.06. The molecule has 0 spiro atoms. The molecule has 0 N–H and O–H groups in total. The first-order chi connectivity index (χ1) is 10.1. The summed E-state index contributed by atoms with van der Waals surface area (Å²) < 4.78 is 39.9. The molecule has 0 saturated carbocycles. The molecule has 21 heavy (non-hydrogen) atoms. The summed E-state index contributed by atoms with van der Waals surface area (Å²) in [4.78, 5) is 8.00. The van der Waals surface area contributed by atoms with Crippen LogP contribution in [0.4, 0.5) is 8.78 Å². The Morgan fingerprint density at radius 3 is 2.67 bits per heavy atom. The predicted molar refractivity (Wildman–Crippen MR) is 73.7 cm³/mol. The van der Waals surface area contributed by atoms with E-state index in [0.717, 1.165) is 0 Å². The Balaban J connectivity index is 2.07. The van der Waals surface area contributed by atoms with Gasteiger partial charge < -0.3 is 14.2 Å². The van der Waals surface area contributed by atoms with E-state index in [4.69, 9.17) is 9.47 Å². The number of hydrogen-bond donors (Lipinski definition) is 0. The quantitative estimate of drug-likeness (QED) is 0.789. The molecule has 0 aromatic carbocycles. The van der Waals surface area contributed by atoms with Crippen LogP contribution in [0.1, 0.15) is 5.69 Å². The summed E-state index contributed by atoms with van der Waals surface area (Å²) in [5, 5.41) is 0. The molecular formula is C13H11BrF2N2O3. The maximum atomic E-state index is 12.3. The SMILES string of the molecule is COc1ccc(COc2ncc(Br)cc2OC(F)F)nc1. The van der Waals surface area contributed by atoms with Crippen LogP contribution in [-0.2, 0) is 6.61 Å². The van der Waals surface area contributed by atoms with Crippen molar-refractivity contribution in [3.05, 3.63) is 40.8 Å². The zero-order chi connectivity index (χ0) is 15.2. The number of rotatable bonds is 6. The molecular weight excluding hydrogens is 350 g/mol. The molecule has 2 aromatic heterocycles. The third kappa shape index (κ3) is 4.52. The van der Waals surface area contributed by atoms with Gasteiger partial charge in [-0.3, -0.25) is 4.98 Å². The van der Waals surface area contributed by atoms with Gasteiger partial charge in [-0.25, -0.2) is 4.98 Å². The molecule has 0 aliphatic carbocycles. The van der Waals surface area contributed by atoms with Crippen molar-refractivity contribution in [3.63, 3.8) is 0 Å². The maximum Gasteiger partial charge on any atom is 0.387 e. The number of halogens is 3. The van der Waals surface area contributed by atoms with Gasteiger partial charge in [0.1, 0.15) is 12.4 Å². The van der Waals surface area contributed by atoms with Crippen molar-refractivity contribution in [1.29, 1.82) is 0 Å². The van der Waals surface area contributed by atoms with Gasteiger partial charge in [-0.2, -0.15) is 8.78 Å². The Bertz CT molecular complexity index is 596. The monoisotopic (exact) mass is 360 g/mol. The van der Waals surface area contributed by atoms with E-state index in [1.807, 2.05) is 0 Å². The normalized spacial score (nSPS) is 10.5. The van der Waals surface area contributed by atoms with Crippen molar-refractivity contribution in [1.82, 2.24) is 9.97 Å². The van der Waals surface area contributed by atoms with Gasteiger partial charge in [0.25, 0.3) is 5.88 Å². The lowest BCUT2D eigenvalue weighted by Gasteiger charge is -2.11. The molecule has 0 radical (unpaired) electrons. The first kappa shape index (κ1) is 15.4. The van der Waals surface area contributed by atoms with Gasteiger partial charge >= 0.3 is 6.61 Å². The fourth-order valence-electron chi connectivity index (χ4n) is 1.46. The molecule has 0 atom stereocenters. The highest BCUT2D eigenvalue weighted by atomic mass is 79.9. The average Bonchev–Trinajstić information content (AvgIpc) is 2.46. The summed E-state index contributed by atoms with van der Waals surface area (Å²) in [6, 6.07) is 4.78. The zero-order valence-electron chi connectivity index (χ0n) is 10.9. The second-order valence-electron chi connectivity index (χ2n) is 3.81. The number of alkyl halides is 2. The first-order valence-corrected chi connectivity index (χ1v) is 6.60. The van der Waals surface area contributed by atoms with Gasteiger partial charge in [0.05, 0.1) is 19.0 Å². The second-order valence-corrected chi connectivity index (χ2v) is 4.73. The molecule has 2 aromatic rings. The first-order valence-electron chi connectivity index (χ1n) is 5.80. The van der Waals surface area contributed by atoms with Crippen LogP contribution in [0, 0.1) is 0 Å². The Hall–Kier alpha value is -1.96. The third-order valence-electron chi connectivity index (χ3n) is 2.39. The van der Waals surface area contributed by atoms with Gasteiger partial charge in [0.2, 0.25) is 0 Å². The van der Waals surface area contributed by atoms with E-state index in [1.54, 1.807) is 12.1 Å². The number of nitrogens with zero attached hydrogens (tertiary/aromatic N) is 2. The minimum atomic E-state index is -2.96. The third-order valence-corrected chi connectivity index (χ3v) is 2.82. The molecule has 0 fully saturated rings. The predicted octanol–water partition coefficient (Wildman–Crippen LogP) is 3.43. The zero-order valence-corrected chi connectivity index (χ0v) is 12.5. The Labute approximate surface area is 128 Å². The largest absolute Gasteiger partial charge is 0.495 e. The van der Waals surface area contributed by atoms with Gasteiger partial charge in [-0.1, -0.05) is 0 Å². The maximum absolute atomic E-state index is 12.3. The van der Waals surface area contributed by atoms with Crippen molar-refractivity contribution in [3.8, 4) is 17.4 Å². The summed E-state index contributed by atoms with van der Waals surface area (Å²) in [5.41, 5.74) is 0.600. The van der Waals surface area contributed by atoms with Crippen LogP contribution >= 0.6 is 15.9 Å². The summed E-state index contributed by atoms with van der Waals surface area (Å²) in [5.74, 6) is 0.436. The van der Waals surface area contributed by atoms with Gasteiger partial charge in [-0.05, 0) is 28.1 Å². The number of hydrogen-bond acceptors (Lipinski definition) is 5. The standard InChI is InChI=1S/C13H11BrF2N2O3/c1-19-10-3-2-9(17-6-10)7-20-12-11(21-13(15)16)4-8(14)5-18-12/h2-6,13H,7H2,1H3. The van der Waals surface area contributed by atoms with E-state index < -0.39 is 6.61 Å². The van der Waals surface area contributed by atoms with Crippen LogP contribution in [0.5, 0.6) is 17.4 Å². The summed E-state index contributed by atoms with van der Waals surface area (Å²) in [7, 11) is 1.53. The summed E-state index contributed by atoms with van der Waals surface area (Å²) >= 11 is 3.13. The highest BCUT2D eigenvalue weighted by Gasteiger charge is 2.13.